The van der Waals surface area contributed by atoms with Crippen molar-refractivity contribution in [2.75, 3.05) is 28.1 Å². The fraction of sp³-hybridized carbons (Fsp3) is 0.533. The first-order valence-corrected chi connectivity index (χ1v) is 13.8. The number of phenolic OH excluding ortho intramolecular Hbond substituents is 1. The summed E-state index contributed by atoms with van der Waals surface area (Å²) in [4.78, 5) is 17.5. The van der Waals surface area contributed by atoms with Gasteiger partial charge in [-0.2, -0.15) is 5.26 Å². The number of methoxy groups -OCH3 is 3. The number of hydrogen-bond acceptors (Lipinski definition) is 10. The predicted molar refractivity (Wildman–Crippen MR) is 143 cm³/mol. The molecule has 7 rings (SSSR count). The largest absolute Gasteiger partial charge is 0.507 e. The number of benzene rings is 2. The van der Waals surface area contributed by atoms with Crippen molar-refractivity contribution >= 4 is 6.09 Å². The molecule has 0 radical (unpaired) electrons. The molecule has 2 bridgehead atoms. The molecule has 0 spiro atoms. The van der Waals surface area contributed by atoms with Crippen LogP contribution in [0.2, 0.25) is 0 Å². The number of aromatic hydroxyl groups is 1. The molecule has 0 aliphatic carbocycles. The van der Waals surface area contributed by atoms with Crippen molar-refractivity contribution in [1.29, 1.82) is 5.26 Å². The first-order chi connectivity index (χ1) is 19.7. The number of carbonyl (C=O) groups excluding carboxylic acids is 1. The van der Waals surface area contributed by atoms with E-state index in [2.05, 4.69) is 11.0 Å². The van der Waals surface area contributed by atoms with E-state index in [1.807, 2.05) is 13.0 Å². The third kappa shape index (κ3) is 3.05. The van der Waals surface area contributed by atoms with E-state index < -0.39 is 35.9 Å². The van der Waals surface area contributed by atoms with E-state index in [0.29, 0.717) is 46.8 Å². The molecule has 11 heteroatoms. The van der Waals surface area contributed by atoms with Crippen molar-refractivity contribution in [1.82, 2.24) is 9.80 Å². The Kier molecular flexibility index (Phi) is 5.68. The summed E-state index contributed by atoms with van der Waals surface area (Å²) in [6, 6.07) is 2.42. The van der Waals surface area contributed by atoms with Crippen LogP contribution in [0.4, 0.5) is 4.79 Å². The van der Waals surface area contributed by atoms with Gasteiger partial charge < -0.3 is 33.9 Å². The Morgan fingerprint density at radius 1 is 1.17 bits per heavy atom. The molecule has 2 N–H and O–H groups in total. The van der Waals surface area contributed by atoms with Crippen LogP contribution >= 0.6 is 0 Å². The molecule has 41 heavy (non-hydrogen) atoms. The van der Waals surface area contributed by atoms with E-state index >= 15 is 0 Å². The lowest BCUT2D eigenvalue weighted by Gasteiger charge is -2.63. The second-order valence-corrected chi connectivity index (χ2v) is 11.6. The summed E-state index contributed by atoms with van der Waals surface area (Å²) in [6.07, 6.45) is -0.337. The standard InChI is InChI=1S/C30H33N3O8/c1-13-8-15-9-30(11-31)18-7-6-17-20-21(24(34)14(2)27-28(20)41-12-40-27)25(35)23(32(17)18)22(33(30)29(36)39-5)19(15)16(10-37-3)26(13)38-4/h8,17-18,22-23,25,34-35H,6-7,9-10,12H2,1-5H3/t17?,18?,22?,23?,25-,30+/m0/s1. The molecule has 2 saturated heterocycles. The minimum Gasteiger partial charge on any atom is -0.507 e. The van der Waals surface area contributed by atoms with Gasteiger partial charge in [-0.05, 0) is 43.4 Å². The molecule has 0 saturated carbocycles. The van der Waals surface area contributed by atoms with Crippen molar-refractivity contribution in [2.24, 2.45) is 0 Å². The van der Waals surface area contributed by atoms with Gasteiger partial charge in [-0.3, -0.25) is 9.80 Å². The predicted octanol–water partition coefficient (Wildman–Crippen LogP) is 3.46. The van der Waals surface area contributed by atoms with E-state index in [4.69, 9.17) is 23.7 Å². The van der Waals surface area contributed by atoms with Gasteiger partial charge in [-0.25, -0.2) is 4.79 Å². The third-order valence-corrected chi connectivity index (χ3v) is 9.92. The zero-order chi connectivity index (χ0) is 29.0. The molecule has 4 unspecified atom stereocenters. The van der Waals surface area contributed by atoms with Gasteiger partial charge in [0.05, 0.1) is 39.0 Å². The average molecular weight is 564 g/mol. The quantitative estimate of drug-likeness (QED) is 0.572. The minimum absolute atomic E-state index is 0.0233. The van der Waals surface area contributed by atoms with Crippen LogP contribution in [-0.2, 0) is 22.5 Å². The Hall–Kier alpha value is -3.72. The van der Waals surface area contributed by atoms with Gasteiger partial charge in [0.15, 0.2) is 17.0 Å². The van der Waals surface area contributed by atoms with E-state index in [1.165, 1.54) is 7.11 Å². The molecule has 2 aromatic rings. The van der Waals surface area contributed by atoms with Gasteiger partial charge in [-0.15, -0.1) is 0 Å². The zero-order valence-electron chi connectivity index (χ0n) is 23.7. The van der Waals surface area contributed by atoms with Crippen LogP contribution in [0.5, 0.6) is 23.0 Å². The van der Waals surface area contributed by atoms with Crippen LogP contribution in [0.25, 0.3) is 0 Å². The van der Waals surface area contributed by atoms with Crippen LogP contribution < -0.4 is 14.2 Å². The number of aliphatic hydroxyl groups is 1. The van der Waals surface area contributed by atoms with E-state index in [0.717, 1.165) is 22.3 Å². The normalized spacial score (nSPS) is 30.3. The number of hydrogen-bond donors (Lipinski definition) is 2. The summed E-state index contributed by atoms with van der Waals surface area (Å²) >= 11 is 0. The topological polar surface area (TPSA) is 134 Å². The molecule has 2 aromatic carbocycles. The zero-order valence-corrected chi connectivity index (χ0v) is 23.7. The van der Waals surface area contributed by atoms with Crippen molar-refractivity contribution in [3.63, 3.8) is 0 Å². The molecule has 5 aliphatic heterocycles. The SMILES string of the molecule is COCc1c(OC)c(C)cc2c1C1C3[C@@H](O)c4c(O)c(C)c5c(c4C4CCC(N43)[C@](C#N)(C2)N1C(=O)OC)OCO5. The number of piperazine rings is 1. The second kappa shape index (κ2) is 8.89. The number of phenols is 1. The number of aryl methyl sites for hydroxylation is 1. The van der Waals surface area contributed by atoms with Gasteiger partial charge in [0.2, 0.25) is 6.79 Å². The monoisotopic (exact) mass is 563 g/mol. The molecule has 1 amide bonds. The van der Waals surface area contributed by atoms with Gasteiger partial charge in [-0.1, -0.05) is 6.07 Å². The number of carbonyl (C=O) groups is 1. The third-order valence-electron chi connectivity index (χ3n) is 9.92. The van der Waals surface area contributed by atoms with Gasteiger partial charge in [0.25, 0.3) is 0 Å². The van der Waals surface area contributed by atoms with E-state index in [1.54, 1.807) is 26.0 Å². The maximum Gasteiger partial charge on any atom is 0.411 e. The van der Waals surface area contributed by atoms with Gasteiger partial charge in [0, 0.05) is 47.9 Å². The van der Waals surface area contributed by atoms with Crippen molar-refractivity contribution in [3.05, 3.63) is 45.0 Å². The summed E-state index contributed by atoms with van der Waals surface area (Å²) in [6.45, 7) is 3.91. The van der Waals surface area contributed by atoms with Crippen LogP contribution in [0, 0.1) is 25.2 Å². The Labute approximate surface area is 237 Å². The lowest BCUT2D eigenvalue weighted by molar-refractivity contribution is -0.133. The molecule has 6 atom stereocenters. The number of nitriles is 1. The molecule has 11 nitrogen and oxygen atoms in total. The van der Waals surface area contributed by atoms with Crippen LogP contribution in [0.3, 0.4) is 0 Å². The fourth-order valence-corrected chi connectivity index (χ4v) is 8.58. The average Bonchev–Trinajstić information content (AvgIpc) is 3.63. The maximum atomic E-state index is 13.7. The summed E-state index contributed by atoms with van der Waals surface area (Å²) in [5.41, 5.74) is 3.66. The second-order valence-electron chi connectivity index (χ2n) is 11.6. The molecule has 2 fully saturated rings. The Morgan fingerprint density at radius 2 is 1.93 bits per heavy atom. The van der Waals surface area contributed by atoms with Crippen LogP contribution in [-0.4, -0.2) is 71.9 Å². The van der Waals surface area contributed by atoms with Crippen molar-refractivity contribution in [3.8, 4) is 29.1 Å². The summed E-state index contributed by atoms with van der Waals surface area (Å²) in [5, 5.41) is 34.7. The molecule has 0 aromatic heterocycles. The first-order valence-electron chi connectivity index (χ1n) is 13.8. The lowest BCUT2D eigenvalue weighted by atomic mass is 9.66. The first kappa shape index (κ1) is 26.2. The smallest absolute Gasteiger partial charge is 0.411 e. The molecular formula is C30H33N3O8. The highest BCUT2D eigenvalue weighted by Crippen LogP contribution is 2.65. The Balaban J connectivity index is 1.56. The fourth-order valence-electron chi connectivity index (χ4n) is 8.58. The summed E-state index contributed by atoms with van der Waals surface area (Å²) in [5.74, 6) is 1.60. The van der Waals surface area contributed by atoms with Gasteiger partial charge >= 0.3 is 6.09 Å². The summed E-state index contributed by atoms with van der Waals surface area (Å²) in [7, 11) is 4.50. The maximum absolute atomic E-state index is 13.7. The highest BCUT2D eigenvalue weighted by Gasteiger charge is 2.69. The Morgan fingerprint density at radius 3 is 2.61 bits per heavy atom. The van der Waals surface area contributed by atoms with Crippen molar-refractivity contribution in [2.45, 2.75) is 75.5 Å². The number of fused-ring (bicyclic) bond motifs is 10. The van der Waals surface area contributed by atoms with Crippen molar-refractivity contribution < 1.29 is 38.7 Å². The van der Waals surface area contributed by atoms with Crippen LogP contribution in [0.1, 0.15) is 70.0 Å². The van der Waals surface area contributed by atoms with Crippen LogP contribution in [0.15, 0.2) is 6.07 Å². The lowest BCUT2D eigenvalue weighted by Crippen LogP contribution is -2.75. The number of aliphatic hydroxyl groups excluding tert-OH is 1. The van der Waals surface area contributed by atoms with Gasteiger partial charge in [0.1, 0.15) is 17.6 Å². The molecule has 216 valence electrons. The Bertz CT molecular complexity index is 1540. The van der Waals surface area contributed by atoms with E-state index in [9.17, 15) is 20.3 Å². The number of nitrogens with zero attached hydrogens (tertiary/aromatic N) is 3. The highest BCUT2D eigenvalue weighted by molar-refractivity contribution is 5.74. The highest BCUT2D eigenvalue weighted by atomic mass is 16.7. The number of rotatable bonds is 3. The molecular weight excluding hydrogens is 530 g/mol. The summed E-state index contributed by atoms with van der Waals surface area (Å²) < 4.78 is 28.5. The number of amides is 1. The minimum atomic E-state index is -1.26. The molecule has 5 aliphatic rings. The van der Waals surface area contributed by atoms with E-state index in [-0.39, 0.29) is 31.6 Å². The molecule has 5 heterocycles. The number of ether oxygens (including phenoxy) is 5.